The molecule has 1 aliphatic carbocycles. The van der Waals surface area contributed by atoms with Gasteiger partial charge in [0, 0.05) is 6.04 Å². The Balaban J connectivity index is 2.43. The van der Waals surface area contributed by atoms with Gasteiger partial charge in [0.1, 0.15) is 0 Å². The molecular formula is C7H15N2O4P. The topological polar surface area (TPSA) is 102 Å². The summed E-state index contributed by atoms with van der Waals surface area (Å²) < 4.78 is 14.7. The Morgan fingerprint density at radius 2 is 2.00 bits per heavy atom. The number of hydrogen-bond donors (Lipinski definition) is 3. The van der Waals surface area contributed by atoms with Crippen molar-refractivity contribution in [2.45, 2.75) is 38.1 Å². The van der Waals surface area contributed by atoms with Gasteiger partial charge in [0.05, 0.1) is 0 Å². The Kier molecular flexibility index (Phi) is 4.07. The molecule has 0 bridgehead atoms. The largest absolute Gasteiger partial charge is 0.431 e. The van der Waals surface area contributed by atoms with Crippen LogP contribution in [0, 0.1) is 0 Å². The molecule has 0 radical (unpaired) electrons. The van der Waals surface area contributed by atoms with Crippen LogP contribution in [0.2, 0.25) is 0 Å². The van der Waals surface area contributed by atoms with Crippen molar-refractivity contribution in [2.24, 2.45) is 5.90 Å². The summed E-state index contributed by atoms with van der Waals surface area (Å²) in [7, 11) is -4.30. The fourth-order valence-electron chi connectivity index (χ4n) is 1.55. The second-order valence-electron chi connectivity index (χ2n) is 3.41. The zero-order valence-corrected chi connectivity index (χ0v) is 8.70. The average Bonchev–Trinajstić information content (AvgIpc) is 2.19. The lowest BCUT2D eigenvalue weighted by Crippen LogP contribution is -2.35. The summed E-state index contributed by atoms with van der Waals surface area (Å²) in [5, 5.41) is 2.45. The van der Waals surface area contributed by atoms with Crippen LogP contribution >= 0.6 is 7.60 Å². The van der Waals surface area contributed by atoms with Crippen molar-refractivity contribution in [1.82, 2.24) is 5.32 Å². The fraction of sp³-hybridized carbons (Fsp3) is 0.857. The molecule has 1 aliphatic rings. The van der Waals surface area contributed by atoms with Crippen molar-refractivity contribution in [3.05, 3.63) is 0 Å². The summed E-state index contributed by atoms with van der Waals surface area (Å²) in [6.07, 6.45) is 4.90. The SMILES string of the molecule is NOP(=O)(O)C(=O)NC1CCCCC1. The maximum Gasteiger partial charge on any atom is 0.431 e. The van der Waals surface area contributed by atoms with E-state index in [2.05, 4.69) is 15.8 Å². The molecule has 0 aromatic heterocycles. The van der Waals surface area contributed by atoms with Crippen molar-refractivity contribution in [3.63, 3.8) is 0 Å². The normalized spacial score (nSPS) is 22.7. The Morgan fingerprint density at radius 3 is 2.50 bits per heavy atom. The van der Waals surface area contributed by atoms with Crippen LogP contribution in [0.5, 0.6) is 0 Å². The summed E-state index contributed by atoms with van der Waals surface area (Å²) in [5.41, 5.74) is -1.01. The predicted octanol–water partition coefficient (Wildman–Crippen LogP) is 1.10. The van der Waals surface area contributed by atoms with Gasteiger partial charge in [0.25, 0.3) is 0 Å². The third kappa shape index (κ3) is 3.06. The van der Waals surface area contributed by atoms with Gasteiger partial charge in [-0.3, -0.25) is 4.79 Å². The lowest BCUT2D eigenvalue weighted by molar-refractivity contribution is 0.226. The van der Waals surface area contributed by atoms with Gasteiger partial charge in [-0.2, -0.15) is 0 Å². The van der Waals surface area contributed by atoms with E-state index in [1.807, 2.05) is 0 Å². The number of nitrogens with two attached hydrogens (primary N) is 1. The Labute approximate surface area is 82.3 Å². The van der Waals surface area contributed by atoms with Crippen LogP contribution < -0.4 is 11.2 Å². The Morgan fingerprint density at radius 1 is 1.43 bits per heavy atom. The van der Waals surface area contributed by atoms with Crippen LogP contribution in [0.15, 0.2) is 0 Å². The average molecular weight is 222 g/mol. The molecule has 0 spiro atoms. The summed E-state index contributed by atoms with van der Waals surface area (Å²) in [6, 6.07) is -0.0214. The smallest absolute Gasteiger partial charge is 0.343 e. The molecule has 0 heterocycles. The van der Waals surface area contributed by atoms with Gasteiger partial charge in [-0.05, 0) is 12.8 Å². The molecule has 0 aromatic rings. The van der Waals surface area contributed by atoms with Crippen molar-refractivity contribution in [2.75, 3.05) is 0 Å². The van der Waals surface area contributed by atoms with Crippen molar-refractivity contribution < 1.29 is 18.9 Å². The minimum Gasteiger partial charge on any atom is -0.343 e. The van der Waals surface area contributed by atoms with Crippen molar-refractivity contribution in [3.8, 4) is 0 Å². The fourth-order valence-corrected chi connectivity index (χ4v) is 1.99. The summed E-state index contributed by atoms with van der Waals surface area (Å²) in [4.78, 5) is 20.1. The van der Waals surface area contributed by atoms with E-state index in [1.54, 1.807) is 0 Å². The highest BCUT2D eigenvalue weighted by Gasteiger charge is 2.32. The Bertz CT molecular complexity index is 252. The predicted molar refractivity (Wildman–Crippen MR) is 50.5 cm³/mol. The van der Waals surface area contributed by atoms with Crippen LogP contribution in [0.1, 0.15) is 32.1 Å². The third-order valence-corrected chi connectivity index (χ3v) is 3.26. The first-order valence-electron chi connectivity index (χ1n) is 4.58. The molecule has 0 saturated heterocycles. The molecule has 1 fully saturated rings. The van der Waals surface area contributed by atoms with Gasteiger partial charge >= 0.3 is 13.2 Å². The van der Waals surface area contributed by atoms with E-state index in [0.29, 0.717) is 0 Å². The molecule has 1 unspecified atom stereocenters. The highest BCUT2D eigenvalue weighted by molar-refractivity contribution is 7.70. The zero-order valence-electron chi connectivity index (χ0n) is 7.81. The van der Waals surface area contributed by atoms with E-state index < -0.39 is 13.2 Å². The zero-order chi connectivity index (χ0) is 10.6. The van der Waals surface area contributed by atoms with E-state index in [4.69, 9.17) is 4.89 Å². The molecule has 1 amide bonds. The van der Waals surface area contributed by atoms with Crippen molar-refractivity contribution >= 4 is 13.2 Å². The van der Waals surface area contributed by atoms with Gasteiger partial charge in [-0.15, -0.1) is 0 Å². The number of nitrogens with one attached hydrogen (secondary N) is 1. The molecule has 7 heteroatoms. The molecule has 14 heavy (non-hydrogen) atoms. The van der Waals surface area contributed by atoms with Crippen LogP contribution in [0.25, 0.3) is 0 Å². The van der Waals surface area contributed by atoms with Gasteiger partial charge in [-0.25, -0.2) is 15.1 Å². The molecule has 82 valence electrons. The molecule has 6 nitrogen and oxygen atoms in total. The van der Waals surface area contributed by atoms with Gasteiger partial charge in [-0.1, -0.05) is 19.3 Å². The van der Waals surface area contributed by atoms with Gasteiger partial charge in [0.15, 0.2) is 0 Å². The molecule has 0 aliphatic heterocycles. The monoisotopic (exact) mass is 222 g/mol. The molecule has 1 rings (SSSR count). The minimum atomic E-state index is -4.30. The standard InChI is InChI=1S/C7H15N2O4P/c8-13-14(11,12)7(10)9-6-4-2-1-3-5-6/h6H,1-5,8H2,(H,9,10)(H,11,12). The second-order valence-corrected chi connectivity index (χ2v) is 5.07. The van der Waals surface area contributed by atoms with Crippen LogP contribution in [0.4, 0.5) is 4.79 Å². The molecule has 4 N–H and O–H groups in total. The van der Waals surface area contributed by atoms with Gasteiger partial charge in [0.2, 0.25) is 0 Å². The molecule has 0 aromatic carbocycles. The van der Waals surface area contributed by atoms with Crippen LogP contribution in [-0.2, 0) is 9.19 Å². The van der Waals surface area contributed by atoms with Gasteiger partial charge < -0.3 is 10.2 Å². The number of carbonyl (C=O) groups excluding carboxylic acids is 1. The summed E-state index contributed by atoms with van der Waals surface area (Å²) in [6.45, 7) is 0. The van der Waals surface area contributed by atoms with E-state index >= 15 is 0 Å². The summed E-state index contributed by atoms with van der Waals surface area (Å²) >= 11 is 0. The second kappa shape index (κ2) is 4.89. The van der Waals surface area contributed by atoms with Crippen LogP contribution in [0.3, 0.4) is 0 Å². The molecule has 1 atom stereocenters. The first kappa shape index (κ1) is 11.7. The van der Waals surface area contributed by atoms with Crippen LogP contribution in [-0.4, -0.2) is 16.6 Å². The molecule has 1 saturated carbocycles. The highest BCUT2D eigenvalue weighted by Crippen LogP contribution is 2.40. The third-order valence-electron chi connectivity index (χ3n) is 2.33. The number of hydrogen-bond acceptors (Lipinski definition) is 4. The minimum absolute atomic E-state index is 0.0214. The lowest BCUT2D eigenvalue weighted by atomic mass is 9.96. The number of amides is 1. The van der Waals surface area contributed by atoms with E-state index in [1.165, 1.54) is 0 Å². The van der Waals surface area contributed by atoms with E-state index in [0.717, 1.165) is 32.1 Å². The van der Waals surface area contributed by atoms with Crippen molar-refractivity contribution in [1.29, 1.82) is 0 Å². The maximum atomic E-state index is 11.1. The first-order chi connectivity index (χ1) is 6.56. The highest BCUT2D eigenvalue weighted by atomic mass is 31.2. The lowest BCUT2D eigenvalue weighted by Gasteiger charge is -2.23. The quantitative estimate of drug-likeness (QED) is 0.490. The number of rotatable bonds is 3. The first-order valence-corrected chi connectivity index (χ1v) is 6.16. The Hall–Kier alpha value is -0.420. The van der Waals surface area contributed by atoms with E-state index in [9.17, 15) is 9.36 Å². The summed E-state index contributed by atoms with van der Waals surface area (Å²) in [5.74, 6) is 4.54. The number of carbonyl (C=O) groups is 1. The maximum absolute atomic E-state index is 11.1. The van der Waals surface area contributed by atoms with E-state index in [-0.39, 0.29) is 6.04 Å². The molecular weight excluding hydrogens is 207 g/mol.